The Labute approximate surface area is 311 Å². The van der Waals surface area contributed by atoms with E-state index in [0.717, 1.165) is 38.7 Å². The fourth-order valence-electron chi connectivity index (χ4n) is 6.16. The SMILES string of the molecule is CCCCCCCC/C=C\CCCCCCCC(=O)C(C)(C)[N+](C)(C)C(=O)CCCCCCCCCCCCCCC(C)C.COS(=O)(=O)[O-]. The molecule has 0 aromatic carbocycles. The summed E-state index contributed by atoms with van der Waals surface area (Å²) < 4.78 is 31.2. The molecule has 0 N–H and O–H groups in total. The first-order valence-corrected chi connectivity index (χ1v) is 22.0. The van der Waals surface area contributed by atoms with Gasteiger partial charge in [0.15, 0.2) is 11.3 Å². The summed E-state index contributed by atoms with van der Waals surface area (Å²) in [5.74, 6) is 1.30. The minimum atomic E-state index is -4.41. The summed E-state index contributed by atoms with van der Waals surface area (Å²) in [6.07, 6.45) is 39.5. The van der Waals surface area contributed by atoms with Gasteiger partial charge in [-0.2, -0.15) is 0 Å². The predicted octanol–water partition coefficient (Wildman–Crippen LogP) is 12.2. The third kappa shape index (κ3) is 30.5. The van der Waals surface area contributed by atoms with Gasteiger partial charge >= 0.3 is 5.91 Å². The summed E-state index contributed by atoms with van der Waals surface area (Å²) in [5, 5.41) is 0. The number of amides is 1. The molecule has 0 aromatic rings. The van der Waals surface area contributed by atoms with Crippen molar-refractivity contribution >= 4 is 22.1 Å². The van der Waals surface area contributed by atoms with Crippen molar-refractivity contribution in [3.8, 4) is 0 Å². The monoisotopic (exact) mass is 730 g/mol. The minimum Gasteiger partial charge on any atom is -0.726 e. The molecule has 0 bridgehead atoms. The molecule has 0 saturated carbocycles. The van der Waals surface area contributed by atoms with Gasteiger partial charge in [-0.15, -0.1) is 0 Å². The van der Waals surface area contributed by atoms with E-state index in [1.54, 1.807) is 0 Å². The van der Waals surface area contributed by atoms with Gasteiger partial charge in [0, 0.05) is 6.42 Å². The number of rotatable bonds is 33. The van der Waals surface area contributed by atoms with Gasteiger partial charge in [0.1, 0.15) is 0 Å². The molecule has 0 rings (SSSR count). The van der Waals surface area contributed by atoms with Crippen LogP contribution in [-0.2, 0) is 24.2 Å². The smallest absolute Gasteiger partial charge is 0.314 e. The molecule has 0 saturated heterocycles. The van der Waals surface area contributed by atoms with Crippen LogP contribution in [0.5, 0.6) is 0 Å². The molecule has 1 amide bonds. The van der Waals surface area contributed by atoms with Crippen molar-refractivity contribution in [2.45, 2.75) is 220 Å². The Balaban J connectivity index is 0. The molecule has 0 radical (unpaired) electrons. The molecule has 0 fully saturated rings. The first-order chi connectivity index (χ1) is 23.6. The molecule has 50 heavy (non-hydrogen) atoms. The van der Waals surface area contributed by atoms with Crippen LogP contribution in [0.25, 0.3) is 0 Å². The normalized spacial score (nSPS) is 12.4. The van der Waals surface area contributed by atoms with Crippen molar-refractivity contribution in [1.29, 1.82) is 0 Å². The predicted molar refractivity (Wildman–Crippen MR) is 212 cm³/mol. The maximum atomic E-state index is 13.2. The number of Topliss-reactive ketones (excluding diaryl/α,β-unsaturated/α-hetero) is 1. The summed E-state index contributed by atoms with van der Waals surface area (Å²) >= 11 is 0. The summed E-state index contributed by atoms with van der Waals surface area (Å²) in [6, 6.07) is 0. The van der Waals surface area contributed by atoms with Crippen molar-refractivity contribution in [3.63, 3.8) is 0 Å². The molecule has 7 nitrogen and oxygen atoms in total. The van der Waals surface area contributed by atoms with Crippen LogP contribution in [0.2, 0.25) is 0 Å². The quantitative estimate of drug-likeness (QED) is 0.0219. The third-order valence-corrected chi connectivity index (χ3v) is 10.9. The van der Waals surface area contributed by atoms with Crippen LogP contribution in [0, 0.1) is 5.92 Å². The van der Waals surface area contributed by atoms with Crippen molar-refractivity contribution in [2.24, 2.45) is 5.92 Å². The van der Waals surface area contributed by atoms with E-state index in [-0.39, 0.29) is 16.2 Å². The number of allylic oxidation sites excluding steroid dienone is 2. The highest BCUT2D eigenvalue weighted by Crippen LogP contribution is 2.26. The number of unbranched alkanes of at least 4 members (excludes halogenated alkanes) is 22. The second-order valence-electron chi connectivity index (χ2n) is 15.9. The van der Waals surface area contributed by atoms with E-state index in [1.165, 1.54) is 141 Å². The van der Waals surface area contributed by atoms with Gasteiger partial charge in [0.2, 0.25) is 10.4 Å². The zero-order chi connectivity index (χ0) is 38.2. The van der Waals surface area contributed by atoms with Crippen LogP contribution in [0.1, 0.15) is 214 Å². The van der Waals surface area contributed by atoms with Crippen LogP contribution >= 0.6 is 0 Å². The molecule has 0 spiro atoms. The zero-order valence-electron chi connectivity index (χ0n) is 34.3. The molecule has 298 valence electrons. The third-order valence-electron chi connectivity index (χ3n) is 10.5. The first-order valence-electron chi connectivity index (χ1n) is 20.7. The van der Waals surface area contributed by atoms with E-state index in [1.807, 2.05) is 27.9 Å². The van der Waals surface area contributed by atoms with E-state index >= 15 is 0 Å². The molecule has 0 aliphatic heterocycles. The maximum absolute atomic E-state index is 13.2. The van der Waals surface area contributed by atoms with Crippen molar-refractivity contribution in [1.82, 2.24) is 0 Å². The van der Waals surface area contributed by atoms with E-state index in [0.29, 0.717) is 12.8 Å². The second kappa shape index (κ2) is 32.6. The Morgan fingerprint density at radius 2 is 0.980 bits per heavy atom. The van der Waals surface area contributed by atoms with Crippen LogP contribution in [0.15, 0.2) is 12.2 Å². The standard InChI is InChI=1S/C41H80NO2.CH4O4S/c1-8-9-10-11-12-13-14-15-16-17-21-24-27-30-33-36-39(43)41(4,5)42(6,7)40(44)37-34-31-28-25-22-19-18-20-23-26-29-32-35-38(2)3;1-5-6(2,3)4/h15-16,38H,8-14,17-37H2,1-7H3;1H3,(H,2,3,4)/q+1;/p-1/b16-15-;. The molecule has 0 atom stereocenters. The molecular weight excluding hydrogens is 647 g/mol. The lowest BCUT2D eigenvalue weighted by Crippen LogP contribution is -2.63. The Morgan fingerprint density at radius 3 is 1.36 bits per heavy atom. The van der Waals surface area contributed by atoms with Crippen LogP contribution < -0.4 is 0 Å². The first kappa shape index (κ1) is 51.0. The number of hydrogen-bond acceptors (Lipinski definition) is 6. The van der Waals surface area contributed by atoms with Gasteiger partial charge in [-0.1, -0.05) is 161 Å². The highest BCUT2D eigenvalue weighted by Gasteiger charge is 2.47. The molecule has 0 aromatic heterocycles. The lowest BCUT2D eigenvalue weighted by Gasteiger charge is -2.41. The summed E-state index contributed by atoms with van der Waals surface area (Å²) in [7, 11) is 0.294. The van der Waals surface area contributed by atoms with Gasteiger partial charge in [0.05, 0.1) is 27.6 Å². The van der Waals surface area contributed by atoms with E-state index < -0.39 is 15.9 Å². The molecular formula is C42H83NO6S. The molecule has 8 heteroatoms. The van der Waals surface area contributed by atoms with Gasteiger partial charge in [0.25, 0.3) is 0 Å². The maximum Gasteiger partial charge on any atom is 0.314 e. The molecule has 0 aliphatic carbocycles. The van der Waals surface area contributed by atoms with E-state index in [2.05, 4.69) is 37.1 Å². The number of carbonyl (C=O) groups is 2. The van der Waals surface area contributed by atoms with Crippen molar-refractivity contribution in [3.05, 3.63) is 12.2 Å². The van der Waals surface area contributed by atoms with Crippen molar-refractivity contribution < 1.29 is 31.2 Å². The largest absolute Gasteiger partial charge is 0.726 e. The lowest BCUT2D eigenvalue weighted by molar-refractivity contribution is -0.854. The van der Waals surface area contributed by atoms with Gasteiger partial charge < -0.3 is 4.55 Å². The van der Waals surface area contributed by atoms with Gasteiger partial charge in [-0.05, 0) is 58.3 Å². The highest BCUT2D eigenvalue weighted by atomic mass is 32.3. The Morgan fingerprint density at radius 1 is 0.640 bits per heavy atom. The topological polar surface area (TPSA) is 101 Å². The molecule has 0 aliphatic rings. The van der Waals surface area contributed by atoms with Crippen LogP contribution in [0.4, 0.5) is 0 Å². The lowest BCUT2D eigenvalue weighted by atomic mass is 9.90. The zero-order valence-corrected chi connectivity index (χ0v) is 35.2. The van der Waals surface area contributed by atoms with E-state index in [4.69, 9.17) is 0 Å². The fraction of sp³-hybridized carbons (Fsp3) is 0.905. The van der Waals surface area contributed by atoms with Crippen LogP contribution in [-0.4, -0.2) is 55.9 Å². The highest BCUT2D eigenvalue weighted by molar-refractivity contribution is 7.80. The van der Waals surface area contributed by atoms with Crippen molar-refractivity contribution in [2.75, 3.05) is 21.2 Å². The summed E-state index contributed by atoms with van der Waals surface area (Å²) in [5.41, 5.74) is -0.660. The fourth-order valence-corrected chi connectivity index (χ4v) is 6.16. The average Bonchev–Trinajstić information content (AvgIpc) is 3.06. The van der Waals surface area contributed by atoms with Crippen LogP contribution in [0.3, 0.4) is 0 Å². The number of likely N-dealkylation sites (N-methyl/N-ethyl adjacent to an activating group) is 1. The van der Waals surface area contributed by atoms with Gasteiger partial charge in [-0.3, -0.25) is 13.5 Å². The average molecular weight is 730 g/mol. The number of quaternary nitrogens is 1. The summed E-state index contributed by atoms with van der Waals surface area (Å²) in [4.78, 5) is 26.4. The Bertz CT molecular complexity index is 942. The molecule has 0 heterocycles. The second-order valence-corrected chi connectivity index (χ2v) is 17.1. The molecule has 0 unspecified atom stereocenters. The Hall–Kier alpha value is -1.09. The number of nitrogens with zero attached hydrogens (tertiary/aromatic N) is 1. The minimum absolute atomic E-state index is 0.175. The summed E-state index contributed by atoms with van der Waals surface area (Å²) in [6.45, 7) is 10.9. The number of carbonyl (C=O) groups excluding carboxylic acids is 2. The van der Waals surface area contributed by atoms with Gasteiger partial charge in [-0.25, -0.2) is 13.2 Å². The number of hydrogen-bond donors (Lipinski definition) is 0. The number of ketones is 1. The van der Waals surface area contributed by atoms with E-state index in [9.17, 15) is 22.6 Å². The Kier molecular flexibility index (Phi) is 33.2.